The van der Waals surface area contributed by atoms with Crippen LogP contribution in [0.15, 0.2) is 0 Å². The monoisotopic (exact) mass is 312 g/mol. The minimum atomic E-state index is -4.68. The number of hydrogen-bond acceptors (Lipinski definition) is 3. The van der Waals surface area contributed by atoms with Gasteiger partial charge in [0.05, 0.1) is 0 Å². The Hall–Kier alpha value is -1.28. The van der Waals surface area contributed by atoms with E-state index in [2.05, 4.69) is 10.4 Å². The van der Waals surface area contributed by atoms with Crippen LogP contribution in [0, 0.1) is 0 Å². The van der Waals surface area contributed by atoms with Gasteiger partial charge in [-0.15, -0.1) is 0 Å². The molecule has 9 heteroatoms. The van der Waals surface area contributed by atoms with E-state index in [9.17, 15) is 18.0 Å². The van der Waals surface area contributed by atoms with Crippen molar-refractivity contribution in [3.63, 3.8) is 0 Å². The van der Waals surface area contributed by atoms with Crippen LogP contribution in [0.3, 0.4) is 0 Å². The van der Waals surface area contributed by atoms with Gasteiger partial charge in [0.15, 0.2) is 5.69 Å². The maximum Gasteiger partial charge on any atom is 0.436 e. The highest BCUT2D eigenvalue weighted by Gasteiger charge is 2.39. The first-order valence-electron chi connectivity index (χ1n) is 5.87. The topological polar surface area (TPSA) is 50.2 Å². The van der Waals surface area contributed by atoms with Crippen LogP contribution in [0.5, 0.6) is 0 Å². The first-order chi connectivity index (χ1) is 9.14. The van der Waals surface area contributed by atoms with Crippen molar-refractivity contribution in [3.05, 3.63) is 16.4 Å². The van der Waals surface area contributed by atoms with E-state index in [1.165, 1.54) is 7.05 Å². The van der Waals surface area contributed by atoms with Gasteiger partial charge in [-0.3, -0.25) is 9.48 Å². The second kappa shape index (κ2) is 6.45. The summed E-state index contributed by atoms with van der Waals surface area (Å²) in [6.45, 7) is 1.10. The zero-order valence-corrected chi connectivity index (χ0v) is 12.1. The van der Waals surface area contributed by atoms with Crippen molar-refractivity contribution in [2.24, 2.45) is 7.05 Å². The number of carbonyl (C=O) groups is 1. The van der Waals surface area contributed by atoms with Crippen molar-refractivity contribution in [1.29, 1.82) is 0 Å². The van der Waals surface area contributed by atoms with Crippen LogP contribution >= 0.6 is 11.6 Å². The molecule has 0 fully saturated rings. The summed E-state index contributed by atoms with van der Waals surface area (Å²) in [5, 5.41) is 5.10. The molecule has 114 valence electrons. The van der Waals surface area contributed by atoms with Gasteiger partial charge in [0.25, 0.3) is 5.91 Å². The normalized spacial score (nSPS) is 12.0. The van der Waals surface area contributed by atoms with Crippen LogP contribution in [-0.4, -0.2) is 47.8 Å². The molecule has 0 spiro atoms. The Balaban J connectivity index is 2.76. The predicted octanol–water partition coefficient (Wildman–Crippen LogP) is 1.77. The molecule has 0 aliphatic carbocycles. The first kappa shape index (κ1) is 16.8. The standard InChI is InChI=1S/C11H16ClF3N4O/c1-18(2)6-4-5-16-10(20)8-7(12)9(11(13,14)15)17-19(8)3/h4-6H2,1-3H3,(H,16,20). The highest BCUT2D eigenvalue weighted by atomic mass is 35.5. The molecule has 0 aromatic carbocycles. The van der Waals surface area contributed by atoms with Crippen molar-refractivity contribution < 1.29 is 18.0 Å². The molecule has 1 aromatic heterocycles. The third-order valence-electron chi connectivity index (χ3n) is 2.54. The minimum absolute atomic E-state index is 0.288. The average Bonchev–Trinajstić information content (AvgIpc) is 2.59. The molecule has 0 unspecified atom stereocenters. The lowest BCUT2D eigenvalue weighted by Gasteiger charge is -2.10. The van der Waals surface area contributed by atoms with E-state index in [4.69, 9.17) is 11.6 Å². The summed E-state index contributed by atoms with van der Waals surface area (Å²) in [6, 6.07) is 0. The second-order valence-electron chi connectivity index (χ2n) is 4.55. The molecule has 1 heterocycles. The third-order valence-corrected chi connectivity index (χ3v) is 2.90. The quantitative estimate of drug-likeness (QED) is 0.843. The lowest BCUT2D eigenvalue weighted by atomic mass is 10.3. The highest BCUT2D eigenvalue weighted by Crippen LogP contribution is 2.35. The zero-order valence-electron chi connectivity index (χ0n) is 11.4. The summed E-state index contributed by atoms with van der Waals surface area (Å²) in [5.41, 5.74) is -1.54. The number of halogens is 4. The summed E-state index contributed by atoms with van der Waals surface area (Å²) in [6.07, 6.45) is -4.00. The molecule has 0 radical (unpaired) electrons. The average molecular weight is 313 g/mol. The van der Waals surface area contributed by atoms with E-state index < -0.39 is 22.8 Å². The molecule has 5 nitrogen and oxygen atoms in total. The molecule has 0 aliphatic rings. The Morgan fingerprint density at radius 2 is 2.05 bits per heavy atom. The summed E-state index contributed by atoms with van der Waals surface area (Å²) in [5.74, 6) is -0.667. The number of aryl methyl sites for hydroxylation is 1. The lowest BCUT2D eigenvalue weighted by Crippen LogP contribution is -2.28. The Morgan fingerprint density at radius 3 is 2.50 bits per heavy atom. The molecular weight excluding hydrogens is 297 g/mol. The second-order valence-corrected chi connectivity index (χ2v) is 4.92. The van der Waals surface area contributed by atoms with Crippen molar-refractivity contribution in [2.45, 2.75) is 12.6 Å². The number of nitrogens with one attached hydrogen (secondary N) is 1. The molecule has 1 N–H and O–H groups in total. The molecule has 1 rings (SSSR count). The summed E-state index contributed by atoms with van der Waals surface area (Å²) < 4.78 is 38.6. The van der Waals surface area contributed by atoms with Gasteiger partial charge in [0.1, 0.15) is 10.7 Å². The predicted molar refractivity (Wildman–Crippen MR) is 68.7 cm³/mol. The van der Waals surface area contributed by atoms with Gasteiger partial charge in [-0.05, 0) is 27.1 Å². The molecule has 1 amide bonds. The van der Waals surface area contributed by atoms with Crippen molar-refractivity contribution in [2.75, 3.05) is 27.2 Å². The lowest BCUT2D eigenvalue weighted by molar-refractivity contribution is -0.141. The Morgan fingerprint density at radius 1 is 1.45 bits per heavy atom. The number of aromatic nitrogens is 2. The van der Waals surface area contributed by atoms with Gasteiger partial charge >= 0.3 is 6.18 Å². The fraction of sp³-hybridized carbons (Fsp3) is 0.636. The summed E-state index contributed by atoms with van der Waals surface area (Å²) >= 11 is 5.60. The zero-order chi connectivity index (χ0) is 15.5. The number of carbonyl (C=O) groups excluding carboxylic acids is 1. The van der Waals surface area contributed by atoms with E-state index in [1.54, 1.807) is 0 Å². The van der Waals surface area contributed by atoms with Gasteiger partial charge in [-0.1, -0.05) is 11.6 Å². The van der Waals surface area contributed by atoms with E-state index >= 15 is 0 Å². The van der Waals surface area contributed by atoms with E-state index in [1.807, 2.05) is 19.0 Å². The van der Waals surface area contributed by atoms with Gasteiger partial charge in [-0.25, -0.2) is 0 Å². The highest BCUT2D eigenvalue weighted by molar-refractivity contribution is 6.34. The minimum Gasteiger partial charge on any atom is -0.351 e. The van der Waals surface area contributed by atoms with Crippen LogP contribution in [0.1, 0.15) is 22.6 Å². The number of hydrogen-bond donors (Lipinski definition) is 1. The van der Waals surface area contributed by atoms with E-state index in [-0.39, 0.29) is 5.69 Å². The SMILES string of the molecule is CN(C)CCCNC(=O)c1c(Cl)c(C(F)(F)F)nn1C. The Kier molecular flexibility index (Phi) is 5.41. The Labute approximate surface area is 119 Å². The number of alkyl halides is 3. The van der Waals surface area contributed by atoms with Crippen LogP contribution < -0.4 is 5.32 Å². The molecule has 0 atom stereocenters. The van der Waals surface area contributed by atoms with E-state index in [0.29, 0.717) is 13.0 Å². The first-order valence-corrected chi connectivity index (χ1v) is 6.25. The molecule has 0 saturated heterocycles. The molecule has 0 bridgehead atoms. The van der Waals surface area contributed by atoms with Crippen LogP contribution in [0.25, 0.3) is 0 Å². The molecule has 0 aliphatic heterocycles. The number of rotatable bonds is 5. The largest absolute Gasteiger partial charge is 0.436 e. The molecule has 20 heavy (non-hydrogen) atoms. The van der Waals surface area contributed by atoms with Crippen LogP contribution in [-0.2, 0) is 13.2 Å². The molecular formula is C11H16ClF3N4O. The number of amides is 1. The molecule has 1 aromatic rings. The fourth-order valence-electron chi connectivity index (χ4n) is 1.61. The maximum absolute atomic E-state index is 12.6. The molecule has 0 saturated carbocycles. The fourth-order valence-corrected chi connectivity index (χ4v) is 1.96. The van der Waals surface area contributed by atoms with Gasteiger partial charge in [-0.2, -0.15) is 18.3 Å². The summed E-state index contributed by atoms with van der Waals surface area (Å²) in [4.78, 5) is 13.8. The summed E-state index contributed by atoms with van der Waals surface area (Å²) in [7, 11) is 5.01. The van der Waals surface area contributed by atoms with Crippen molar-refractivity contribution >= 4 is 17.5 Å². The van der Waals surface area contributed by atoms with Gasteiger partial charge < -0.3 is 10.2 Å². The van der Waals surface area contributed by atoms with Crippen LogP contribution in [0.2, 0.25) is 5.02 Å². The van der Waals surface area contributed by atoms with Gasteiger partial charge in [0, 0.05) is 13.6 Å². The number of nitrogens with zero attached hydrogens (tertiary/aromatic N) is 3. The van der Waals surface area contributed by atoms with Gasteiger partial charge in [0.2, 0.25) is 0 Å². The smallest absolute Gasteiger partial charge is 0.351 e. The van der Waals surface area contributed by atoms with Crippen molar-refractivity contribution in [3.8, 4) is 0 Å². The Bertz CT molecular complexity index is 485. The maximum atomic E-state index is 12.6. The van der Waals surface area contributed by atoms with Crippen LogP contribution in [0.4, 0.5) is 13.2 Å². The van der Waals surface area contributed by atoms with Crippen molar-refractivity contribution in [1.82, 2.24) is 20.0 Å². The third kappa shape index (κ3) is 4.11. The van der Waals surface area contributed by atoms with E-state index in [0.717, 1.165) is 11.2 Å².